The fraction of sp³-hybridized carbons (Fsp3) is 0.458. The fourth-order valence-corrected chi connectivity index (χ4v) is 6.07. The number of carbonyl (C=O) groups is 1. The van der Waals surface area contributed by atoms with Crippen molar-refractivity contribution in [2.45, 2.75) is 45.0 Å². The van der Waals surface area contributed by atoms with E-state index in [-0.39, 0.29) is 17.8 Å². The maximum atomic E-state index is 13.0. The van der Waals surface area contributed by atoms with Crippen LogP contribution in [0, 0.1) is 6.92 Å². The van der Waals surface area contributed by atoms with Gasteiger partial charge in [0, 0.05) is 43.7 Å². The maximum Gasteiger partial charge on any atom is 0.305 e. The average Bonchev–Trinajstić information content (AvgIpc) is 2.74. The number of methoxy groups -OCH3 is 1. The lowest BCUT2D eigenvalue weighted by molar-refractivity contribution is -0.140. The number of hydrogen-bond donors (Lipinski definition) is 0. The molecule has 1 heterocycles. The quantitative estimate of drug-likeness (QED) is 0.540. The van der Waals surface area contributed by atoms with E-state index < -0.39 is 10.0 Å². The van der Waals surface area contributed by atoms with Crippen LogP contribution in [0.25, 0.3) is 0 Å². The number of sulfonamides is 1. The summed E-state index contributed by atoms with van der Waals surface area (Å²) >= 11 is 6.23. The Balaban J connectivity index is 1.65. The maximum absolute atomic E-state index is 13.0. The third-order valence-electron chi connectivity index (χ3n) is 5.87. The Morgan fingerprint density at radius 2 is 1.84 bits per heavy atom. The van der Waals surface area contributed by atoms with Gasteiger partial charge in [0.25, 0.3) is 0 Å². The number of esters is 1. The molecule has 0 N–H and O–H groups in total. The van der Waals surface area contributed by atoms with E-state index in [1.807, 2.05) is 56.3 Å². The van der Waals surface area contributed by atoms with Gasteiger partial charge in [0.05, 0.1) is 12.9 Å². The van der Waals surface area contributed by atoms with E-state index in [9.17, 15) is 13.2 Å². The highest BCUT2D eigenvalue weighted by molar-refractivity contribution is 7.88. The first-order valence-electron chi connectivity index (χ1n) is 10.8. The van der Waals surface area contributed by atoms with Crippen LogP contribution in [0.3, 0.4) is 0 Å². The molecule has 0 unspecified atom stereocenters. The zero-order valence-electron chi connectivity index (χ0n) is 18.9. The van der Waals surface area contributed by atoms with Gasteiger partial charge in [-0.05, 0) is 49.1 Å². The predicted molar refractivity (Wildman–Crippen MR) is 127 cm³/mol. The molecule has 3 rings (SSSR count). The lowest BCUT2D eigenvalue weighted by atomic mass is 10.0. The number of ether oxygens (including phenoxy) is 1. The Morgan fingerprint density at radius 3 is 2.50 bits per heavy atom. The minimum absolute atomic E-state index is 0.0174. The van der Waals surface area contributed by atoms with E-state index in [0.29, 0.717) is 44.0 Å². The molecule has 174 valence electrons. The van der Waals surface area contributed by atoms with E-state index in [4.69, 9.17) is 16.3 Å². The van der Waals surface area contributed by atoms with Gasteiger partial charge in [-0.15, -0.1) is 0 Å². The summed E-state index contributed by atoms with van der Waals surface area (Å²) in [5, 5.41) is 0.647. The standard InChI is InChI=1S/C24H31ClN2O4S/c1-18-4-6-20(7-5-18)17-32(29,30)27-13-12-26(15-19(27)2)16-22-14-23(25)10-8-21(22)9-11-24(28)31-3/h4-8,10,14,19H,9,11-13,15-17H2,1-3H3/t19-/m0/s1. The molecule has 0 radical (unpaired) electrons. The molecule has 6 nitrogen and oxygen atoms in total. The van der Waals surface area contributed by atoms with E-state index in [0.717, 1.165) is 22.3 Å². The topological polar surface area (TPSA) is 66.9 Å². The van der Waals surface area contributed by atoms with Crippen molar-refractivity contribution in [3.63, 3.8) is 0 Å². The summed E-state index contributed by atoms with van der Waals surface area (Å²) in [7, 11) is -2.01. The molecular formula is C24H31ClN2O4S. The molecule has 0 bridgehead atoms. The van der Waals surface area contributed by atoms with Gasteiger partial charge < -0.3 is 4.74 Å². The van der Waals surface area contributed by atoms with Gasteiger partial charge in [-0.3, -0.25) is 9.69 Å². The van der Waals surface area contributed by atoms with Crippen LogP contribution in [0.5, 0.6) is 0 Å². The fourth-order valence-electron chi connectivity index (χ4n) is 4.12. The van der Waals surface area contributed by atoms with Crippen molar-refractivity contribution in [3.05, 3.63) is 69.7 Å². The lowest BCUT2D eigenvalue weighted by Crippen LogP contribution is -2.53. The van der Waals surface area contributed by atoms with E-state index in [2.05, 4.69) is 4.90 Å². The second-order valence-electron chi connectivity index (χ2n) is 8.43. The van der Waals surface area contributed by atoms with Gasteiger partial charge in [-0.1, -0.05) is 47.5 Å². The molecule has 0 aliphatic carbocycles. The second kappa shape index (κ2) is 10.8. The number of carbonyl (C=O) groups excluding carboxylic acids is 1. The lowest BCUT2D eigenvalue weighted by Gasteiger charge is -2.39. The van der Waals surface area contributed by atoms with Gasteiger partial charge in [0.2, 0.25) is 10.0 Å². The molecule has 8 heteroatoms. The number of nitrogens with zero attached hydrogens (tertiary/aromatic N) is 2. The van der Waals surface area contributed by atoms with Crippen LogP contribution in [0.15, 0.2) is 42.5 Å². The van der Waals surface area contributed by atoms with Crippen LogP contribution in [0.1, 0.15) is 35.6 Å². The van der Waals surface area contributed by atoms with Crippen molar-refractivity contribution in [3.8, 4) is 0 Å². The number of piperazine rings is 1. The highest BCUT2D eigenvalue weighted by atomic mass is 35.5. The summed E-state index contributed by atoms with van der Waals surface area (Å²) < 4.78 is 32.5. The molecule has 0 spiro atoms. The van der Waals surface area contributed by atoms with E-state index in [1.54, 1.807) is 4.31 Å². The molecule has 1 fully saturated rings. The molecule has 2 aromatic rings. The third-order valence-corrected chi connectivity index (χ3v) is 8.06. The van der Waals surface area contributed by atoms with Crippen LogP contribution in [0.4, 0.5) is 0 Å². The molecule has 1 atom stereocenters. The summed E-state index contributed by atoms with van der Waals surface area (Å²) in [5.74, 6) is -0.226. The van der Waals surface area contributed by atoms with E-state index >= 15 is 0 Å². The zero-order valence-corrected chi connectivity index (χ0v) is 20.5. The molecule has 1 saturated heterocycles. The second-order valence-corrected chi connectivity index (χ2v) is 10.8. The molecule has 32 heavy (non-hydrogen) atoms. The molecule has 0 aromatic heterocycles. The van der Waals surface area contributed by atoms with Crippen molar-refractivity contribution in [1.82, 2.24) is 9.21 Å². The minimum Gasteiger partial charge on any atom is -0.469 e. The first-order valence-corrected chi connectivity index (χ1v) is 12.8. The van der Waals surface area contributed by atoms with Crippen molar-refractivity contribution >= 4 is 27.6 Å². The predicted octanol–water partition coefficient (Wildman–Crippen LogP) is 3.79. The SMILES string of the molecule is COC(=O)CCc1ccc(Cl)cc1CN1CCN(S(=O)(=O)Cc2ccc(C)cc2)[C@@H](C)C1. The number of hydrogen-bond acceptors (Lipinski definition) is 5. The monoisotopic (exact) mass is 478 g/mol. The normalized spacial score (nSPS) is 17.9. The Hall–Kier alpha value is -1.93. The summed E-state index contributed by atoms with van der Waals surface area (Å²) in [6, 6.07) is 13.2. The Labute approximate surface area is 196 Å². The zero-order chi connectivity index (χ0) is 23.3. The molecule has 1 aliphatic rings. The first-order chi connectivity index (χ1) is 15.2. The number of halogens is 1. The van der Waals surface area contributed by atoms with Gasteiger partial charge in [0.15, 0.2) is 0 Å². The Bertz CT molecular complexity index is 1040. The van der Waals surface area contributed by atoms with Crippen LogP contribution < -0.4 is 0 Å². The molecule has 1 aliphatic heterocycles. The number of aryl methyl sites for hydroxylation is 2. The first kappa shape index (κ1) is 24.7. The van der Waals surface area contributed by atoms with Gasteiger partial charge in [0.1, 0.15) is 0 Å². The van der Waals surface area contributed by atoms with Crippen LogP contribution in [0.2, 0.25) is 5.02 Å². The van der Waals surface area contributed by atoms with Crippen LogP contribution in [-0.4, -0.2) is 56.4 Å². The van der Waals surface area contributed by atoms with E-state index in [1.165, 1.54) is 7.11 Å². The molecule has 0 saturated carbocycles. The van der Waals surface area contributed by atoms with Crippen molar-refractivity contribution in [2.75, 3.05) is 26.7 Å². The Morgan fingerprint density at radius 1 is 1.12 bits per heavy atom. The highest BCUT2D eigenvalue weighted by Crippen LogP contribution is 2.23. The number of rotatable bonds is 8. The summed E-state index contributed by atoms with van der Waals surface area (Å²) in [6.07, 6.45) is 0.895. The summed E-state index contributed by atoms with van der Waals surface area (Å²) in [4.78, 5) is 13.8. The molecule has 0 amide bonds. The van der Waals surface area contributed by atoms with Crippen LogP contribution in [-0.2, 0) is 38.3 Å². The highest BCUT2D eigenvalue weighted by Gasteiger charge is 2.32. The molecule has 2 aromatic carbocycles. The van der Waals surface area contributed by atoms with Crippen molar-refractivity contribution in [1.29, 1.82) is 0 Å². The summed E-state index contributed by atoms with van der Waals surface area (Å²) in [6.45, 7) is 6.33. The van der Waals surface area contributed by atoms with Gasteiger partial charge in [-0.2, -0.15) is 4.31 Å². The minimum atomic E-state index is -3.40. The van der Waals surface area contributed by atoms with Crippen molar-refractivity contribution in [2.24, 2.45) is 0 Å². The summed E-state index contributed by atoms with van der Waals surface area (Å²) in [5.41, 5.74) is 4.03. The average molecular weight is 479 g/mol. The van der Waals surface area contributed by atoms with Crippen molar-refractivity contribution < 1.29 is 17.9 Å². The smallest absolute Gasteiger partial charge is 0.305 e. The number of benzene rings is 2. The Kier molecular flexibility index (Phi) is 8.33. The van der Waals surface area contributed by atoms with Gasteiger partial charge >= 0.3 is 5.97 Å². The van der Waals surface area contributed by atoms with Gasteiger partial charge in [-0.25, -0.2) is 8.42 Å². The van der Waals surface area contributed by atoms with Crippen LogP contribution >= 0.6 is 11.6 Å². The molecular weight excluding hydrogens is 448 g/mol. The largest absolute Gasteiger partial charge is 0.469 e. The third kappa shape index (κ3) is 6.54.